The highest BCUT2D eigenvalue weighted by Gasteiger charge is 2.27. The summed E-state index contributed by atoms with van der Waals surface area (Å²) in [5, 5.41) is 0. The van der Waals surface area contributed by atoms with Gasteiger partial charge in [-0.2, -0.15) is 0 Å². The molecule has 21 heavy (non-hydrogen) atoms. The van der Waals surface area contributed by atoms with E-state index in [4.69, 9.17) is 10.5 Å². The molecule has 0 aromatic rings. The first kappa shape index (κ1) is 20.1. The molecular formula is C13H26ClN3O4. The number of hydrogen-bond donors (Lipinski definition) is 1. The van der Waals surface area contributed by atoms with Crippen molar-refractivity contribution in [2.45, 2.75) is 25.4 Å². The van der Waals surface area contributed by atoms with E-state index in [9.17, 15) is 9.59 Å². The summed E-state index contributed by atoms with van der Waals surface area (Å²) in [6.45, 7) is 4.96. The molecular weight excluding hydrogens is 298 g/mol. The lowest BCUT2D eigenvalue weighted by molar-refractivity contribution is -0.143. The molecule has 8 heteroatoms. The van der Waals surface area contributed by atoms with Crippen molar-refractivity contribution in [3.8, 4) is 0 Å². The van der Waals surface area contributed by atoms with Crippen LogP contribution in [-0.4, -0.2) is 80.8 Å². The zero-order valence-electron chi connectivity index (χ0n) is 12.9. The van der Waals surface area contributed by atoms with E-state index in [1.165, 1.54) is 14.2 Å². The molecule has 0 saturated carbocycles. The van der Waals surface area contributed by atoms with E-state index in [0.29, 0.717) is 19.5 Å². The van der Waals surface area contributed by atoms with E-state index in [2.05, 4.69) is 9.64 Å². The van der Waals surface area contributed by atoms with Crippen molar-refractivity contribution in [2.24, 2.45) is 5.73 Å². The van der Waals surface area contributed by atoms with Crippen molar-refractivity contribution in [3.05, 3.63) is 0 Å². The summed E-state index contributed by atoms with van der Waals surface area (Å²) in [7, 11) is 2.92. The van der Waals surface area contributed by atoms with Gasteiger partial charge < -0.3 is 20.1 Å². The van der Waals surface area contributed by atoms with Crippen molar-refractivity contribution in [1.82, 2.24) is 9.80 Å². The second-order valence-electron chi connectivity index (χ2n) is 5.05. The summed E-state index contributed by atoms with van der Waals surface area (Å²) in [6, 6.07) is -0.480. The second-order valence-corrected chi connectivity index (χ2v) is 5.05. The highest BCUT2D eigenvalue weighted by Crippen LogP contribution is 2.10. The molecule has 1 saturated heterocycles. The van der Waals surface area contributed by atoms with Crippen LogP contribution in [0.4, 0.5) is 0 Å². The van der Waals surface area contributed by atoms with Crippen LogP contribution >= 0.6 is 12.4 Å². The van der Waals surface area contributed by atoms with E-state index in [-0.39, 0.29) is 36.9 Å². The van der Waals surface area contributed by atoms with Crippen LogP contribution in [0, 0.1) is 0 Å². The lowest BCUT2D eigenvalue weighted by Gasteiger charge is -2.38. The van der Waals surface area contributed by atoms with Crippen LogP contribution < -0.4 is 5.73 Å². The second kappa shape index (κ2) is 9.94. The number of nitrogens with zero attached hydrogens (tertiary/aromatic N) is 2. The average Bonchev–Trinajstić information content (AvgIpc) is 2.46. The Bertz CT molecular complexity index is 335. The van der Waals surface area contributed by atoms with Gasteiger partial charge in [-0.25, -0.2) is 0 Å². The fourth-order valence-corrected chi connectivity index (χ4v) is 2.32. The third-order valence-corrected chi connectivity index (χ3v) is 3.60. The minimum absolute atomic E-state index is 0. The Morgan fingerprint density at radius 2 is 1.76 bits per heavy atom. The summed E-state index contributed by atoms with van der Waals surface area (Å²) in [5.74, 6) is -0.287. The molecule has 2 N–H and O–H groups in total. The van der Waals surface area contributed by atoms with Gasteiger partial charge in [0.2, 0.25) is 5.91 Å². The lowest BCUT2D eigenvalue weighted by Crippen LogP contribution is -2.55. The first-order valence-corrected chi connectivity index (χ1v) is 6.83. The molecule has 2 atom stereocenters. The molecule has 0 spiro atoms. The number of halogens is 1. The predicted molar refractivity (Wildman–Crippen MR) is 81.3 cm³/mol. The standard InChI is InChI=1S/C13H25N3O4.ClH/c1-10(8-12(17)20-3)15-4-6-16(7-5-15)13(18)11(14)9-19-2;/h10-11H,4-9,14H2,1-3H3;1H. The Labute approximate surface area is 132 Å². The first-order chi connectivity index (χ1) is 9.49. The SMILES string of the molecule is COCC(N)C(=O)N1CCN(C(C)CC(=O)OC)CC1.Cl. The minimum Gasteiger partial charge on any atom is -0.469 e. The monoisotopic (exact) mass is 323 g/mol. The molecule has 1 aliphatic heterocycles. The highest BCUT2D eigenvalue weighted by atomic mass is 35.5. The molecule has 2 unspecified atom stereocenters. The Kier molecular flexibility index (Phi) is 9.52. The number of amides is 1. The van der Waals surface area contributed by atoms with E-state index in [0.717, 1.165) is 13.1 Å². The molecule has 0 bridgehead atoms. The molecule has 1 fully saturated rings. The van der Waals surface area contributed by atoms with Crippen LogP contribution in [0.25, 0.3) is 0 Å². The molecule has 0 aromatic carbocycles. The number of ether oxygens (including phenoxy) is 2. The fraction of sp³-hybridized carbons (Fsp3) is 0.846. The quantitative estimate of drug-likeness (QED) is 0.662. The summed E-state index contributed by atoms with van der Waals surface area (Å²) >= 11 is 0. The minimum atomic E-state index is -0.598. The Morgan fingerprint density at radius 1 is 1.19 bits per heavy atom. The van der Waals surface area contributed by atoms with Crippen LogP contribution in [0.5, 0.6) is 0 Å². The number of piperazine rings is 1. The van der Waals surface area contributed by atoms with E-state index >= 15 is 0 Å². The molecule has 124 valence electrons. The van der Waals surface area contributed by atoms with Gasteiger partial charge >= 0.3 is 5.97 Å². The van der Waals surface area contributed by atoms with Crippen LogP contribution in [0.15, 0.2) is 0 Å². The normalized spacial score (nSPS) is 18.6. The highest BCUT2D eigenvalue weighted by molar-refractivity contribution is 5.85. The Morgan fingerprint density at radius 3 is 2.24 bits per heavy atom. The third kappa shape index (κ3) is 6.17. The molecule has 0 radical (unpaired) electrons. The number of rotatable bonds is 6. The van der Waals surface area contributed by atoms with E-state index in [1.807, 2.05) is 6.92 Å². The number of nitrogens with two attached hydrogens (primary N) is 1. The molecule has 1 rings (SSSR count). The maximum Gasteiger partial charge on any atom is 0.307 e. The van der Waals surface area contributed by atoms with Gasteiger partial charge in [-0.1, -0.05) is 0 Å². The van der Waals surface area contributed by atoms with Gasteiger partial charge in [0.05, 0.1) is 20.1 Å². The van der Waals surface area contributed by atoms with Crippen LogP contribution in [0.3, 0.4) is 0 Å². The Balaban J connectivity index is 0.00000400. The lowest BCUT2D eigenvalue weighted by atomic mass is 10.1. The predicted octanol–water partition coefficient (Wildman–Crippen LogP) is -0.522. The number of methoxy groups -OCH3 is 2. The number of hydrogen-bond acceptors (Lipinski definition) is 6. The summed E-state index contributed by atoms with van der Waals surface area (Å²) in [6.07, 6.45) is 0.369. The van der Waals surface area contributed by atoms with Crippen LogP contribution in [0.1, 0.15) is 13.3 Å². The van der Waals surface area contributed by atoms with E-state index in [1.54, 1.807) is 4.90 Å². The summed E-state index contributed by atoms with van der Waals surface area (Å²) in [5.41, 5.74) is 5.75. The van der Waals surface area contributed by atoms with Crippen molar-refractivity contribution >= 4 is 24.3 Å². The topological polar surface area (TPSA) is 85.1 Å². The van der Waals surface area contributed by atoms with Crippen molar-refractivity contribution in [2.75, 3.05) is 47.0 Å². The number of carbonyl (C=O) groups is 2. The summed E-state index contributed by atoms with van der Waals surface area (Å²) < 4.78 is 9.57. The summed E-state index contributed by atoms with van der Waals surface area (Å²) in [4.78, 5) is 27.2. The molecule has 0 aliphatic carbocycles. The van der Waals surface area contributed by atoms with Crippen LogP contribution in [-0.2, 0) is 19.1 Å². The molecule has 1 heterocycles. The third-order valence-electron chi connectivity index (χ3n) is 3.60. The molecule has 1 aliphatic rings. The van der Waals surface area contributed by atoms with E-state index < -0.39 is 6.04 Å². The average molecular weight is 324 g/mol. The van der Waals surface area contributed by atoms with Gasteiger partial charge in [-0.3, -0.25) is 14.5 Å². The van der Waals surface area contributed by atoms with Gasteiger partial charge in [0.1, 0.15) is 6.04 Å². The molecule has 7 nitrogen and oxygen atoms in total. The van der Waals surface area contributed by atoms with Crippen molar-refractivity contribution in [1.29, 1.82) is 0 Å². The maximum atomic E-state index is 12.0. The molecule has 1 amide bonds. The van der Waals surface area contributed by atoms with Gasteiger partial charge in [0, 0.05) is 39.3 Å². The fourth-order valence-electron chi connectivity index (χ4n) is 2.32. The number of esters is 1. The Hall–Kier alpha value is -0.890. The smallest absolute Gasteiger partial charge is 0.307 e. The molecule has 0 aromatic heterocycles. The zero-order valence-corrected chi connectivity index (χ0v) is 13.7. The van der Waals surface area contributed by atoms with Gasteiger partial charge in [-0.15, -0.1) is 12.4 Å². The van der Waals surface area contributed by atoms with Gasteiger partial charge in [0.15, 0.2) is 0 Å². The number of carbonyl (C=O) groups excluding carboxylic acids is 2. The van der Waals surface area contributed by atoms with Crippen LogP contribution in [0.2, 0.25) is 0 Å². The van der Waals surface area contributed by atoms with Crippen molar-refractivity contribution < 1.29 is 19.1 Å². The van der Waals surface area contributed by atoms with Gasteiger partial charge in [-0.05, 0) is 6.92 Å². The van der Waals surface area contributed by atoms with Gasteiger partial charge in [0.25, 0.3) is 0 Å². The maximum absolute atomic E-state index is 12.0. The largest absolute Gasteiger partial charge is 0.469 e. The first-order valence-electron chi connectivity index (χ1n) is 6.83. The zero-order chi connectivity index (χ0) is 15.1. The van der Waals surface area contributed by atoms with Crippen molar-refractivity contribution in [3.63, 3.8) is 0 Å².